The monoisotopic (exact) mass is 387 g/mol. The maximum Gasteiger partial charge on any atom is 0.246 e. The molecule has 1 aliphatic heterocycles. The second-order valence-corrected chi connectivity index (χ2v) is 6.48. The Bertz CT molecular complexity index is 827. The van der Waals surface area contributed by atoms with Crippen molar-refractivity contribution in [2.75, 3.05) is 40.5 Å². The first-order chi connectivity index (χ1) is 13.1. The van der Waals surface area contributed by atoms with Gasteiger partial charge >= 0.3 is 0 Å². The van der Waals surface area contributed by atoms with Crippen molar-refractivity contribution in [2.45, 2.75) is 0 Å². The quantitative estimate of drug-likeness (QED) is 0.730. The van der Waals surface area contributed by atoms with Crippen molar-refractivity contribution in [3.8, 4) is 22.6 Å². The van der Waals surface area contributed by atoms with Crippen molar-refractivity contribution < 1.29 is 19.0 Å². The van der Waals surface area contributed by atoms with Gasteiger partial charge in [-0.25, -0.2) is 0 Å². The van der Waals surface area contributed by atoms with Gasteiger partial charge in [-0.15, -0.1) is 0 Å². The molecule has 0 bridgehead atoms. The van der Waals surface area contributed by atoms with Crippen molar-refractivity contribution in [1.82, 2.24) is 4.90 Å². The van der Waals surface area contributed by atoms with E-state index in [4.69, 9.17) is 25.8 Å². The molecule has 0 unspecified atom stereocenters. The third kappa shape index (κ3) is 4.43. The number of hydrogen-bond donors (Lipinski definition) is 0. The van der Waals surface area contributed by atoms with Gasteiger partial charge in [0, 0.05) is 29.8 Å². The Morgan fingerprint density at radius 2 is 1.78 bits per heavy atom. The first-order valence-corrected chi connectivity index (χ1v) is 9.07. The largest absolute Gasteiger partial charge is 0.493 e. The molecule has 6 heteroatoms. The maximum absolute atomic E-state index is 12.5. The molecule has 0 aliphatic carbocycles. The summed E-state index contributed by atoms with van der Waals surface area (Å²) in [5.74, 6) is 1.20. The molecule has 3 rings (SSSR count). The van der Waals surface area contributed by atoms with Crippen LogP contribution in [0.4, 0.5) is 0 Å². The number of rotatable bonds is 5. The van der Waals surface area contributed by atoms with Gasteiger partial charge in [0.15, 0.2) is 11.5 Å². The predicted octanol–water partition coefficient (Wildman–Crippen LogP) is 3.90. The van der Waals surface area contributed by atoms with Crippen molar-refractivity contribution >= 4 is 23.6 Å². The zero-order chi connectivity index (χ0) is 19.2. The smallest absolute Gasteiger partial charge is 0.246 e. The molecule has 1 saturated heterocycles. The fourth-order valence-electron chi connectivity index (χ4n) is 3.05. The second-order valence-electron chi connectivity index (χ2n) is 6.04. The molecule has 5 nitrogen and oxygen atoms in total. The van der Waals surface area contributed by atoms with E-state index in [0.717, 1.165) is 16.7 Å². The summed E-state index contributed by atoms with van der Waals surface area (Å²) in [6, 6.07) is 11.2. The van der Waals surface area contributed by atoms with Crippen LogP contribution in [0.15, 0.2) is 42.5 Å². The lowest BCUT2D eigenvalue weighted by Crippen LogP contribution is -2.39. The first kappa shape index (κ1) is 19.3. The Kier molecular flexibility index (Phi) is 6.37. The number of halogens is 1. The highest BCUT2D eigenvalue weighted by atomic mass is 35.5. The Labute approximate surface area is 164 Å². The summed E-state index contributed by atoms with van der Waals surface area (Å²) in [5, 5.41) is 0.653. The van der Waals surface area contributed by atoms with E-state index in [1.807, 2.05) is 42.5 Å². The second kappa shape index (κ2) is 8.93. The van der Waals surface area contributed by atoms with Gasteiger partial charge in [0.05, 0.1) is 27.4 Å². The molecule has 0 aromatic heterocycles. The van der Waals surface area contributed by atoms with Gasteiger partial charge in [0.2, 0.25) is 5.91 Å². The lowest BCUT2D eigenvalue weighted by atomic mass is 9.97. The van der Waals surface area contributed by atoms with E-state index in [2.05, 4.69) is 0 Å². The van der Waals surface area contributed by atoms with Crippen molar-refractivity contribution in [2.24, 2.45) is 0 Å². The summed E-state index contributed by atoms with van der Waals surface area (Å²) in [4.78, 5) is 14.2. The molecule has 1 heterocycles. The van der Waals surface area contributed by atoms with Crippen molar-refractivity contribution in [3.63, 3.8) is 0 Å². The number of carbonyl (C=O) groups is 1. The topological polar surface area (TPSA) is 48.0 Å². The van der Waals surface area contributed by atoms with Gasteiger partial charge in [-0.3, -0.25) is 4.79 Å². The van der Waals surface area contributed by atoms with Gasteiger partial charge < -0.3 is 19.1 Å². The van der Waals surface area contributed by atoms with Gasteiger partial charge in [-0.05, 0) is 35.4 Å². The Morgan fingerprint density at radius 1 is 1.07 bits per heavy atom. The summed E-state index contributed by atoms with van der Waals surface area (Å²) < 4.78 is 16.3. The van der Waals surface area contributed by atoms with E-state index in [-0.39, 0.29) is 5.91 Å². The fraction of sp³-hybridized carbons (Fsp3) is 0.286. The minimum absolute atomic E-state index is 0.0323. The van der Waals surface area contributed by atoms with Crippen LogP contribution < -0.4 is 9.47 Å². The minimum Gasteiger partial charge on any atom is -0.493 e. The number of ether oxygens (including phenoxy) is 3. The molecule has 2 aromatic carbocycles. The fourth-order valence-corrected chi connectivity index (χ4v) is 3.17. The molecule has 0 atom stereocenters. The molecule has 1 fully saturated rings. The summed E-state index contributed by atoms with van der Waals surface area (Å²) in [5.41, 5.74) is 2.63. The van der Waals surface area contributed by atoms with Crippen LogP contribution in [-0.4, -0.2) is 51.3 Å². The van der Waals surface area contributed by atoms with Crippen LogP contribution in [0.25, 0.3) is 17.2 Å². The molecule has 2 aromatic rings. The van der Waals surface area contributed by atoms with Gasteiger partial charge in [-0.1, -0.05) is 29.8 Å². The molecule has 1 aliphatic rings. The first-order valence-electron chi connectivity index (χ1n) is 8.69. The number of nitrogens with zero attached hydrogens (tertiary/aromatic N) is 1. The van der Waals surface area contributed by atoms with Crippen LogP contribution in [-0.2, 0) is 9.53 Å². The van der Waals surface area contributed by atoms with Crippen LogP contribution >= 0.6 is 11.6 Å². The Morgan fingerprint density at radius 3 is 2.41 bits per heavy atom. The van der Waals surface area contributed by atoms with Crippen LogP contribution in [0, 0.1) is 0 Å². The molecule has 0 saturated carbocycles. The number of hydrogen-bond acceptors (Lipinski definition) is 4. The summed E-state index contributed by atoms with van der Waals surface area (Å²) >= 11 is 6.03. The SMILES string of the molecule is COc1ccc(/C=C/C(=O)N2CCOCC2)c(-c2ccc(Cl)cc2)c1OC. The number of benzene rings is 2. The molecule has 0 radical (unpaired) electrons. The highest BCUT2D eigenvalue weighted by Crippen LogP contribution is 2.41. The van der Waals surface area contributed by atoms with E-state index in [9.17, 15) is 4.79 Å². The number of morpholine rings is 1. The maximum atomic E-state index is 12.5. The van der Waals surface area contributed by atoms with Gasteiger partial charge in [0.1, 0.15) is 0 Å². The van der Waals surface area contributed by atoms with E-state index in [0.29, 0.717) is 42.8 Å². The molecule has 142 valence electrons. The van der Waals surface area contributed by atoms with E-state index in [1.165, 1.54) is 0 Å². The van der Waals surface area contributed by atoms with E-state index >= 15 is 0 Å². The average Bonchev–Trinajstić information content (AvgIpc) is 2.72. The zero-order valence-corrected chi connectivity index (χ0v) is 16.2. The third-order valence-electron chi connectivity index (χ3n) is 4.44. The summed E-state index contributed by atoms with van der Waals surface area (Å²) in [6.45, 7) is 2.37. The van der Waals surface area contributed by atoms with Crippen LogP contribution in [0.1, 0.15) is 5.56 Å². The summed E-state index contributed by atoms with van der Waals surface area (Å²) in [6.07, 6.45) is 3.40. The van der Waals surface area contributed by atoms with Crippen LogP contribution in [0.2, 0.25) is 5.02 Å². The van der Waals surface area contributed by atoms with Crippen LogP contribution in [0.3, 0.4) is 0 Å². The van der Waals surface area contributed by atoms with Crippen molar-refractivity contribution in [1.29, 1.82) is 0 Å². The zero-order valence-electron chi connectivity index (χ0n) is 15.4. The number of amides is 1. The number of methoxy groups -OCH3 is 2. The number of carbonyl (C=O) groups excluding carboxylic acids is 1. The molecule has 0 N–H and O–H groups in total. The molecule has 27 heavy (non-hydrogen) atoms. The lowest BCUT2D eigenvalue weighted by molar-refractivity contribution is -0.129. The Hall–Kier alpha value is -2.50. The molecular formula is C21H22ClNO4. The minimum atomic E-state index is -0.0323. The predicted molar refractivity (Wildman–Crippen MR) is 106 cm³/mol. The van der Waals surface area contributed by atoms with Gasteiger partial charge in [-0.2, -0.15) is 0 Å². The van der Waals surface area contributed by atoms with Crippen molar-refractivity contribution in [3.05, 3.63) is 53.1 Å². The highest BCUT2D eigenvalue weighted by molar-refractivity contribution is 6.30. The third-order valence-corrected chi connectivity index (χ3v) is 4.69. The van der Waals surface area contributed by atoms with E-state index in [1.54, 1.807) is 25.2 Å². The van der Waals surface area contributed by atoms with Gasteiger partial charge in [0.25, 0.3) is 0 Å². The standard InChI is InChI=1S/C21H22ClNO4/c1-25-18-9-5-16(6-10-19(24)23-11-13-27-14-12-23)20(21(18)26-2)15-3-7-17(22)8-4-15/h3-10H,11-14H2,1-2H3/b10-6+. The highest BCUT2D eigenvalue weighted by Gasteiger charge is 2.17. The normalized spacial score (nSPS) is 14.4. The van der Waals surface area contributed by atoms with Crippen LogP contribution in [0.5, 0.6) is 11.5 Å². The molecule has 1 amide bonds. The Balaban J connectivity index is 2.00. The molecular weight excluding hydrogens is 366 g/mol. The average molecular weight is 388 g/mol. The summed E-state index contributed by atoms with van der Waals surface area (Å²) in [7, 11) is 3.20. The molecule has 0 spiro atoms. The lowest BCUT2D eigenvalue weighted by Gasteiger charge is -2.25. The van der Waals surface area contributed by atoms with E-state index < -0.39 is 0 Å².